The van der Waals surface area contributed by atoms with E-state index in [1.165, 1.54) is 0 Å². The second-order valence-corrected chi connectivity index (χ2v) is 13.4. The van der Waals surface area contributed by atoms with Crippen LogP contribution in [0, 0.1) is 11.5 Å². The number of hydrogen-bond donors (Lipinski definition) is 1. The number of benzene rings is 1. The number of carbonyl (C=O) groups is 2. The lowest BCUT2D eigenvalue weighted by Gasteiger charge is -2.24. The topological polar surface area (TPSA) is 73.9 Å². The molecule has 0 heterocycles. The number of esters is 1. The fraction of sp³-hybridized carbons (Fsp3) is 0.545. The van der Waals surface area contributed by atoms with Gasteiger partial charge in [-0.3, -0.25) is 0 Å². The van der Waals surface area contributed by atoms with Gasteiger partial charge in [-0.25, -0.2) is 9.59 Å². The van der Waals surface area contributed by atoms with Crippen molar-refractivity contribution in [2.75, 3.05) is 19.8 Å². The summed E-state index contributed by atoms with van der Waals surface area (Å²) in [4.78, 5) is 23.7. The minimum atomic E-state index is -1.45. The van der Waals surface area contributed by atoms with Gasteiger partial charge in [0.1, 0.15) is 20.3 Å². The Bertz CT molecular complexity index is 736. The molecule has 0 aliphatic rings. The second kappa shape index (κ2) is 11.0. The van der Waals surface area contributed by atoms with E-state index < -0.39 is 31.8 Å². The Balaban J connectivity index is 2.89. The highest BCUT2D eigenvalue weighted by Gasteiger charge is 2.21. The molecular weight excluding hydrogens is 386 g/mol. The fourth-order valence-corrected chi connectivity index (χ4v) is 2.71. The van der Waals surface area contributed by atoms with Crippen molar-refractivity contribution in [2.24, 2.45) is 0 Å². The van der Waals surface area contributed by atoms with Crippen molar-refractivity contribution in [2.45, 2.75) is 59.0 Å². The van der Waals surface area contributed by atoms with E-state index in [2.05, 4.69) is 36.4 Å². The lowest BCUT2D eigenvalue weighted by molar-refractivity contribution is -0.148. The molecule has 1 N–H and O–H groups in total. The van der Waals surface area contributed by atoms with Crippen molar-refractivity contribution in [3.8, 4) is 11.5 Å². The highest BCUT2D eigenvalue weighted by molar-refractivity contribution is 6.83. The average molecular weight is 420 g/mol. The maximum atomic E-state index is 12.2. The summed E-state index contributed by atoms with van der Waals surface area (Å²) in [5, 5.41) is 2.80. The first-order valence-corrected chi connectivity index (χ1v) is 13.3. The van der Waals surface area contributed by atoms with Gasteiger partial charge in [0.2, 0.25) is 0 Å². The van der Waals surface area contributed by atoms with Gasteiger partial charge in [0.15, 0.2) is 0 Å². The molecule has 6 nitrogen and oxygen atoms in total. The Morgan fingerprint density at radius 1 is 1.14 bits per heavy atom. The van der Waals surface area contributed by atoms with Crippen LogP contribution in [0.25, 0.3) is 0 Å². The van der Waals surface area contributed by atoms with Gasteiger partial charge >= 0.3 is 12.1 Å². The Labute approximate surface area is 175 Å². The molecule has 1 aromatic rings. The smallest absolute Gasteiger partial charge is 0.408 e. The number of rotatable bonds is 7. The molecule has 0 aliphatic heterocycles. The number of carbonyl (C=O) groups excluding carboxylic acids is 2. The summed E-state index contributed by atoms with van der Waals surface area (Å²) in [6, 6.07) is 7.14. The average Bonchev–Trinajstić information content (AvgIpc) is 2.57. The van der Waals surface area contributed by atoms with E-state index in [0.717, 1.165) is 11.1 Å². The van der Waals surface area contributed by atoms with Crippen LogP contribution in [-0.4, -0.2) is 45.6 Å². The molecule has 0 aromatic heterocycles. The van der Waals surface area contributed by atoms with E-state index in [4.69, 9.17) is 14.2 Å². The lowest BCUT2D eigenvalue weighted by atomic mass is 10.1. The third-order valence-electron chi connectivity index (χ3n) is 3.40. The Morgan fingerprint density at radius 3 is 2.28 bits per heavy atom. The molecule has 0 saturated carbocycles. The van der Waals surface area contributed by atoms with E-state index in [1.54, 1.807) is 27.7 Å². The summed E-state index contributed by atoms with van der Waals surface area (Å²) in [5.41, 5.74) is 4.46. The van der Waals surface area contributed by atoms with Crippen molar-refractivity contribution in [1.29, 1.82) is 0 Å². The van der Waals surface area contributed by atoms with Crippen LogP contribution in [0.5, 0.6) is 0 Å². The third-order valence-corrected chi connectivity index (χ3v) is 4.27. The lowest BCUT2D eigenvalue weighted by Crippen LogP contribution is -2.37. The SMILES string of the molecule is CCOC(=O)COC[C@H](NC(=O)OC(C)(C)C)c1ccc(C#C[Si](C)(C)C)cc1. The normalized spacial score (nSPS) is 12.4. The molecule has 0 bridgehead atoms. The van der Waals surface area contributed by atoms with Crippen LogP contribution >= 0.6 is 0 Å². The minimum Gasteiger partial charge on any atom is -0.464 e. The highest BCUT2D eigenvalue weighted by atomic mass is 28.3. The van der Waals surface area contributed by atoms with Crippen LogP contribution in [0.4, 0.5) is 4.79 Å². The molecule has 0 saturated heterocycles. The molecule has 0 radical (unpaired) electrons. The van der Waals surface area contributed by atoms with Crippen molar-refractivity contribution in [1.82, 2.24) is 5.32 Å². The van der Waals surface area contributed by atoms with Gasteiger partial charge in [-0.2, -0.15) is 0 Å². The molecule has 0 unspecified atom stereocenters. The van der Waals surface area contributed by atoms with Crippen molar-refractivity contribution < 1.29 is 23.8 Å². The second-order valence-electron chi connectivity index (χ2n) is 8.64. The van der Waals surface area contributed by atoms with Gasteiger partial charge in [-0.05, 0) is 45.4 Å². The van der Waals surface area contributed by atoms with E-state index >= 15 is 0 Å². The van der Waals surface area contributed by atoms with E-state index in [1.807, 2.05) is 24.3 Å². The third kappa shape index (κ3) is 11.3. The van der Waals surface area contributed by atoms with Gasteiger partial charge in [-0.1, -0.05) is 37.7 Å². The van der Waals surface area contributed by atoms with Crippen LogP contribution in [-0.2, 0) is 19.0 Å². The minimum absolute atomic E-state index is 0.109. The predicted octanol–water partition coefficient (Wildman–Crippen LogP) is 4.06. The number of hydrogen-bond acceptors (Lipinski definition) is 5. The Kier molecular flexibility index (Phi) is 9.41. The number of alkyl carbamates (subject to hydrolysis) is 1. The monoisotopic (exact) mass is 419 g/mol. The summed E-state index contributed by atoms with van der Waals surface area (Å²) in [6.07, 6.45) is -0.551. The standard InChI is InChI=1S/C22H33NO5Si/c1-8-27-20(24)16-26-15-19(23-21(25)28-22(2,3)4)18-11-9-17(10-12-18)13-14-29(5,6)7/h9-12,19H,8,15-16H2,1-7H3,(H,23,25)/t19-/m0/s1. The molecule has 1 aromatic carbocycles. The molecular formula is C22H33NO5Si. The van der Waals surface area contributed by atoms with Gasteiger partial charge in [-0.15, -0.1) is 5.54 Å². The van der Waals surface area contributed by atoms with Crippen molar-refractivity contribution >= 4 is 20.1 Å². The zero-order valence-electron chi connectivity index (χ0n) is 18.5. The summed E-state index contributed by atoms with van der Waals surface area (Å²) in [5.74, 6) is 2.76. The highest BCUT2D eigenvalue weighted by Crippen LogP contribution is 2.16. The zero-order valence-corrected chi connectivity index (χ0v) is 19.5. The van der Waals surface area contributed by atoms with Crippen LogP contribution in [0.2, 0.25) is 19.6 Å². The summed E-state index contributed by atoms with van der Waals surface area (Å²) >= 11 is 0. The van der Waals surface area contributed by atoms with Gasteiger partial charge in [0.25, 0.3) is 0 Å². The van der Waals surface area contributed by atoms with Crippen LogP contribution in [0.1, 0.15) is 44.9 Å². The fourth-order valence-electron chi connectivity index (χ4n) is 2.19. The van der Waals surface area contributed by atoms with Gasteiger partial charge < -0.3 is 19.5 Å². The van der Waals surface area contributed by atoms with Crippen molar-refractivity contribution in [3.63, 3.8) is 0 Å². The first-order chi connectivity index (χ1) is 13.4. The number of amides is 1. The molecule has 29 heavy (non-hydrogen) atoms. The zero-order chi connectivity index (χ0) is 22.1. The summed E-state index contributed by atoms with van der Waals surface area (Å²) in [7, 11) is -1.45. The first kappa shape index (κ1) is 24.7. The molecule has 0 aliphatic carbocycles. The quantitative estimate of drug-likeness (QED) is 0.410. The molecule has 1 amide bonds. The summed E-state index contributed by atoms with van der Waals surface area (Å²) < 4.78 is 15.6. The maximum absolute atomic E-state index is 12.2. The molecule has 160 valence electrons. The molecule has 7 heteroatoms. The largest absolute Gasteiger partial charge is 0.464 e. The molecule has 0 spiro atoms. The molecule has 0 fully saturated rings. The maximum Gasteiger partial charge on any atom is 0.408 e. The van der Waals surface area contributed by atoms with Crippen LogP contribution < -0.4 is 5.32 Å². The van der Waals surface area contributed by atoms with E-state index in [0.29, 0.717) is 6.61 Å². The van der Waals surface area contributed by atoms with E-state index in [-0.39, 0.29) is 13.2 Å². The number of nitrogens with one attached hydrogen (secondary N) is 1. The molecule has 1 atom stereocenters. The number of ether oxygens (including phenoxy) is 3. The van der Waals surface area contributed by atoms with Crippen LogP contribution in [0.15, 0.2) is 24.3 Å². The molecule has 1 rings (SSSR count). The Hall–Kier alpha value is -2.30. The van der Waals surface area contributed by atoms with Gasteiger partial charge in [0.05, 0.1) is 19.3 Å². The van der Waals surface area contributed by atoms with E-state index in [9.17, 15) is 9.59 Å². The Morgan fingerprint density at radius 2 is 1.76 bits per heavy atom. The summed E-state index contributed by atoms with van der Waals surface area (Å²) in [6.45, 7) is 13.9. The first-order valence-electron chi connectivity index (χ1n) is 9.75. The van der Waals surface area contributed by atoms with Crippen molar-refractivity contribution in [3.05, 3.63) is 35.4 Å². The predicted molar refractivity (Wildman–Crippen MR) is 116 cm³/mol. The van der Waals surface area contributed by atoms with Crippen LogP contribution in [0.3, 0.4) is 0 Å². The van der Waals surface area contributed by atoms with Gasteiger partial charge in [0, 0.05) is 5.56 Å².